The van der Waals surface area contributed by atoms with Gasteiger partial charge in [0, 0.05) is 0 Å². The van der Waals surface area contributed by atoms with Crippen LogP contribution in [0.2, 0.25) is 0 Å². The molecule has 0 atom stereocenters. The Morgan fingerprint density at radius 2 is 0.967 bits per heavy atom. The molecule has 0 heterocycles. The van der Waals surface area contributed by atoms with Crippen molar-refractivity contribution in [1.29, 1.82) is 0 Å². The lowest BCUT2D eigenvalue weighted by Gasteiger charge is -2.20. The quantitative estimate of drug-likeness (QED) is 0.328. The van der Waals surface area contributed by atoms with Crippen molar-refractivity contribution in [3.63, 3.8) is 0 Å². The first kappa shape index (κ1) is 20.2. The minimum Gasteiger partial charge on any atom is -0.0620 e. The molecular weight excluding hydrogens is 360 g/mol. The zero-order valence-corrected chi connectivity index (χ0v) is 18.7. The van der Waals surface area contributed by atoms with Crippen LogP contribution in [0.4, 0.5) is 0 Å². The molecule has 0 amide bonds. The van der Waals surface area contributed by atoms with Crippen molar-refractivity contribution in [2.24, 2.45) is 0 Å². The van der Waals surface area contributed by atoms with Crippen molar-refractivity contribution in [3.05, 3.63) is 108 Å². The fourth-order valence-electron chi connectivity index (χ4n) is 4.06. The Morgan fingerprint density at radius 1 is 0.467 bits per heavy atom. The lowest BCUT2D eigenvalue weighted by molar-refractivity contribution is 0.590. The fraction of sp³-hybridized carbons (Fsp3) is 0.200. The molecule has 150 valence electrons. The average molecular weight is 391 g/mol. The first-order valence-electron chi connectivity index (χ1n) is 10.7. The van der Waals surface area contributed by atoms with E-state index in [0.29, 0.717) is 0 Å². The summed E-state index contributed by atoms with van der Waals surface area (Å²) < 4.78 is 0. The molecule has 0 aliphatic carbocycles. The van der Waals surface area contributed by atoms with Gasteiger partial charge in [0.05, 0.1) is 0 Å². The maximum atomic E-state index is 2.35. The third-order valence-electron chi connectivity index (χ3n) is 5.91. The van der Waals surface area contributed by atoms with E-state index in [1.54, 1.807) is 0 Å². The number of hydrogen-bond acceptors (Lipinski definition) is 0. The van der Waals surface area contributed by atoms with Crippen LogP contribution in [0.3, 0.4) is 0 Å². The van der Waals surface area contributed by atoms with Crippen molar-refractivity contribution in [1.82, 2.24) is 0 Å². The molecule has 0 bridgehead atoms. The van der Waals surface area contributed by atoms with Crippen LogP contribution in [-0.2, 0) is 5.41 Å². The van der Waals surface area contributed by atoms with Crippen LogP contribution in [0.25, 0.3) is 33.4 Å². The molecule has 0 N–H and O–H groups in total. The Morgan fingerprint density at radius 3 is 1.47 bits per heavy atom. The summed E-state index contributed by atoms with van der Waals surface area (Å²) >= 11 is 0. The number of benzene rings is 4. The lowest BCUT2D eigenvalue weighted by Crippen LogP contribution is -2.10. The van der Waals surface area contributed by atoms with Gasteiger partial charge in [0.1, 0.15) is 0 Å². The van der Waals surface area contributed by atoms with Crippen molar-refractivity contribution >= 4 is 0 Å². The number of hydrogen-bond donors (Lipinski definition) is 0. The van der Waals surface area contributed by atoms with Crippen molar-refractivity contribution in [2.45, 2.75) is 40.0 Å². The Hall–Kier alpha value is -3.12. The SMILES string of the molecule is Cc1ccccc1-c1cc(-c2cccc(C(C)(C)C)c2)cc(-c2ccccc2C)c1. The second-order valence-corrected chi connectivity index (χ2v) is 9.26. The van der Waals surface area contributed by atoms with Gasteiger partial charge >= 0.3 is 0 Å². The molecule has 0 nitrogen and oxygen atoms in total. The minimum atomic E-state index is 0.127. The molecule has 30 heavy (non-hydrogen) atoms. The minimum absolute atomic E-state index is 0.127. The summed E-state index contributed by atoms with van der Waals surface area (Å²) in [5.41, 5.74) is 11.7. The maximum absolute atomic E-state index is 2.35. The monoisotopic (exact) mass is 390 g/mol. The average Bonchev–Trinajstić information content (AvgIpc) is 2.73. The van der Waals surface area contributed by atoms with Crippen LogP contribution >= 0.6 is 0 Å². The van der Waals surface area contributed by atoms with Gasteiger partial charge in [-0.2, -0.15) is 0 Å². The largest absolute Gasteiger partial charge is 0.0620 e. The highest BCUT2D eigenvalue weighted by molar-refractivity contribution is 5.83. The van der Waals surface area contributed by atoms with Gasteiger partial charge in [-0.05, 0) is 87.5 Å². The molecular formula is C30H30. The van der Waals surface area contributed by atoms with E-state index >= 15 is 0 Å². The van der Waals surface area contributed by atoms with E-state index < -0.39 is 0 Å². The van der Waals surface area contributed by atoms with Gasteiger partial charge in [-0.25, -0.2) is 0 Å². The predicted octanol–water partition coefficient (Wildman–Crippen LogP) is 8.60. The number of rotatable bonds is 3. The summed E-state index contributed by atoms with van der Waals surface area (Å²) in [5.74, 6) is 0. The summed E-state index contributed by atoms with van der Waals surface area (Å²) in [6.45, 7) is 11.2. The van der Waals surface area contributed by atoms with Crippen LogP contribution in [0, 0.1) is 13.8 Å². The molecule has 0 saturated carbocycles. The normalized spacial score (nSPS) is 11.5. The summed E-state index contributed by atoms with van der Waals surface area (Å²) in [6.07, 6.45) is 0. The maximum Gasteiger partial charge on any atom is -0.0132 e. The van der Waals surface area contributed by atoms with Crippen LogP contribution in [0.15, 0.2) is 91.0 Å². The van der Waals surface area contributed by atoms with E-state index in [9.17, 15) is 0 Å². The first-order chi connectivity index (χ1) is 14.3. The van der Waals surface area contributed by atoms with E-state index in [4.69, 9.17) is 0 Å². The van der Waals surface area contributed by atoms with Crippen LogP contribution in [-0.4, -0.2) is 0 Å². The van der Waals surface area contributed by atoms with E-state index in [2.05, 4.69) is 126 Å². The fourth-order valence-corrected chi connectivity index (χ4v) is 4.06. The van der Waals surface area contributed by atoms with Crippen LogP contribution in [0.5, 0.6) is 0 Å². The van der Waals surface area contributed by atoms with Crippen LogP contribution < -0.4 is 0 Å². The molecule has 0 spiro atoms. The molecule has 4 aromatic carbocycles. The lowest BCUT2D eigenvalue weighted by atomic mass is 9.84. The van der Waals surface area contributed by atoms with Gasteiger partial charge < -0.3 is 0 Å². The summed E-state index contributed by atoms with van der Waals surface area (Å²) in [5, 5.41) is 0. The van der Waals surface area contributed by atoms with Gasteiger partial charge in [0.25, 0.3) is 0 Å². The second-order valence-electron chi connectivity index (χ2n) is 9.26. The zero-order valence-electron chi connectivity index (χ0n) is 18.7. The standard InChI is InChI=1S/C30H30/c1-21-11-6-8-15-28(21)25-17-24(23-13-10-14-27(20-23)30(3,4)5)18-26(19-25)29-16-9-7-12-22(29)2/h6-20H,1-5H3. The molecule has 4 aromatic rings. The first-order valence-corrected chi connectivity index (χ1v) is 10.7. The molecule has 0 saturated heterocycles. The zero-order chi connectivity index (χ0) is 21.3. The molecule has 0 radical (unpaired) electrons. The van der Waals surface area contributed by atoms with E-state index in [-0.39, 0.29) is 5.41 Å². The van der Waals surface area contributed by atoms with Gasteiger partial charge in [-0.15, -0.1) is 0 Å². The van der Waals surface area contributed by atoms with Crippen LogP contribution in [0.1, 0.15) is 37.5 Å². The Balaban J connectivity index is 1.95. The highest BCUT2D eigenvalue weighted by Crippen LogP contribution is 2.36. The molecule has 0 fully saturated rings. The Kier molecular flexibility index (Phi) is 5.35. The van der Waals surface area contributed by atoms with Crippen molar-refractivity contribution in [2.75, 3.05) is 0 Å². The summed E-state index contributed by atoms with van der Waals surface area (Å²) in [4.78, 5) is 0. The molecule has 0 aromatic heterocycles. The molecule has 0 unspecified atom stereocenters. The third kappa shape index (κ3) is 4.09. The highest BCUT2D eigenvalue weighted by atomic mass is 14.2. The van der Waals surface area contributed by atoms with E-state index in [0.717, 1.165) is 0 Å². The molecule has 0 aliphatic rings. The summed E-state index contributed by atoms with van der Waals surface area (Å²) in [7, 11) is 0. The van der Waals surface area contributed by atoms with E-state index in [1.165, 1.54) is 50.1 Å². The van der Waals surface area contributed by atoms with Crippen molar-refractivity contribution < 1.29 is 0 Å². The Bertz CT molecular complexity index is 1120. The smallest absolute Gasteiger partial charge is 0.0132 e. The van der Waals surface area contributed by atoms with Gasteiger partial charge in [0.15, 0.2) is 0 Å². The van der Waals surface area contributed by atoms with E-state index in [1.807, 2.05) is 0 Å². The highest BCUT2D eigenvalue weighted by Gasteiger charge is 2.15. The molecule has 0 aliphatic heterocycles. The van der Waals surface area contributed by atoms with Gasteiger partial charge in [-0.1, -0.05) is 93.6 Å². The summed E-state index contributed by atoms with van der Waals surface area (Å²) in [6, 6.07) is 33.3. The second kappa shape index (κ2) is 7.95. The van der Waals surface area contributed by atoms with Gasteiger partial charge in [-0.3, -0.25) is 0 Å². The molecule has 4 rings (SSSR count). The predicted molar refractivity (Wildman–Crippen MR) is 131 cm³/mol. The molecule has 0 heteroatoms. The third-order valence-corrected chi connectivity index (χ3v) is 5.91. The topological polar surface area (TPSA) is 0 Å². The number of aryl methyl sites for hydroxylation is 2. The van der Waals surface area contributed by atoms with Gasteiger partial charge in [0.2, 0.25) is 0 Å². The van der Waals surface area contributed by atoms with Crippen molar-refractivity contribution in [3.8, 4) is 33.4 Å². The Labute approximate surface area is 181 Å².